The SMILES string of the molecule is CC(C)(C#Cc1cccc2c1OC(c1nc3nncn3c3ccc(F)cc13)CN2)C(F)(F)F. The molecule has 1 N–H and O–H groups in total. The average Bonchev–Trinajstić information content (AvgIpc) is 3.24. The predicted molar refractivity (Wildman–Crippen MR) is 113 cm³/mol. The summed E-state index contributed by atoms with van der Waals surface area (Å²) >= 11 is 0. The molecule has 3 heterocycles. The van der Waals surface area contributed by atoms with Crippen LogP contribution in [0.4, 0.5) is 23.2 Å². The molecular formula is C23H17F4N5O. The number of nitrogens with one attached hydrogen (secondary N) is 1. The number of ether oxygens (including phenoxy) is 1. The zero-order valence-electron chi connectivity index (χ0n) is 17.5. The van der Waals surface area contributed by atoms with Gasteiger partial charge in [0, 0.05) is 5.39 Å². The molecule has 6 nitrogen and oxygen atoms in total. The summed E-state index contributed by atoms with van der Waals surface area (Å²) in [7, 11) is 0. The first-order chi connectivity index (χ1) is 15.6. The summed E-state index contributed by atoms with van der Waals surface area (Å²) < 4.78 is 61.6. The minimum atomic E-state index is -4.48. The van der Waals surface area contributed by atoms with E-state index in [1.165, 1.54) is 18.5 Å². The third-order valence-corrected chi connectivity index (χ3v) is 5.52. The predicted octanol–water partition coefficient (Wildman–Crippen LogP) is 4.90. The van der Waals surface area contributed by atoms with Crippen molar-refractivity contribution in [2.75, 3.05) is 11.9 Å². The summed E-state index contributed by atoms with van der Waals surface area (Å²) in [5, 5.41) is 11.6. The van der Waals surface area contributed by atoms with Gasteiger partial charge >= 0.3 is 6.18 Å². The van der Waals surface area contributed by atoms with Crippen LogP contribution >= 0.6 is 0 Å². The molecule has 1 aliphatic rings. The van der Waals surface area contributed by atoms with E-state index in [0.717, 1.165) is 13.8 Å². The van der Waals surface area contributed by atoms with Crippen molar-refractivity contribution in [2.24, 2.45) is 5.41 Å². The molecule has 1 atom stereocenters. The summed E-state index contributed by atoms with van der Waals surface area (Å²) in [5.74, 6) is 5.12. The van der Waals surface area contributed by atoms with Crippen LogP contribution in [0, 0.1) is 23.1 Å². The Balaban J connectivity index is 1.59. The van der Waals surface area contributed by atoms with Crippen molar-refractivity contribution in [1.29, 1.82) is 0 Å². The van der Waals surface area contributed by atoms with Crippen LogP contribution in [0.5, 0.6) is 5.75 Å². The maximum Gasteiger partial charge on any atom is 0.404 e. The minimum Gasteiger partial charge on any atom is -0.479 e. The highest BCUT2D eigenvalue weighted by atomic mass is 19.4. The Morgan fingerprint density at radius 3 is 2.79 bits per heavy atom. The lowest BCUT2D eigenvalue weighted by Gasteiger charge is -2.28. The number of anilines is 1. The largest absolute Gasteiger partial charge is 0.479 e. The lowest BCUT2D eigenvalue weighted by Crippen LogP contribution is -2.30. The van der Waals surface area contributed by atoms with E-state index in [4.69, 9.17) is 4.74 Å². The Labute approximate surface area is 185 Å². The first-order valence-electron chi connectivity index (χ1n) is 10.1. The van der Waals surface area contributed by atoms with E-state index >= 15 is 0 Å². The standard InChI is InChI=1S/C23H17F4N5O/c1-22(2,23(25,26)27)9-8-13-4-3-5-16-20(13)33-18(11-28-16)19-15-10-14(24)6-7-17(15)32-12-29-31-21(32)30-19/h3-7,10,12,18,28H,11H2,1-2H3. The number of hydrogen-bond acceptors (Lipinski definition) is 5. The normalized spacial score (nSPS) is 16.0. The van der Waals surface area contributed by atoms with Crippen LogP contribution in [0.2, 0.25) is 0 Å². The molecule has 33 heavy (non-hydrogen) atoms. The van der Waals surface area contributed by atoms with Gasteiger partial charge in [0.25, 0.3) is 5.78 Å². The number of hydrogen-bond donors (Lipinski definition) is 1. The van der Waals surface area contributed by atoms with Gasteiger partial charge in [0.05, 0.1) is 29.0 Å². The first kappa shape index (κ1) is 21.0. The second-order valence-corrected chi connectivity index (χ2v) is 8.20. The van der Waals surface area contributed by atoms with Gasteiger partial charge < -0.3 is 10.1 Å². The smallest absolute Gasteiger partial charge is 0.404 e. The minimum absolute atomic E-state index is 0.306. The van der Waals surface area contributed by atoms with Crippen molar-refractivity contribution >= 4 is 22.4 Å². The molecule has 0 saturated heterocycles. The van der Waals surface area contributed by atoms with Crippen molar-refractivity contribution in [1.82, 2.24) is 19.6 Å². The van der Waals surface area contributed by atoms with Gasteiger partial charge in [-0.15, -0.1) is 10.2 Å². The van der Waals surface area contributed by atoms with Crippen molar-refractivity contribution in [3.8, 4) is 17.6 Å². The third-order valence-electron chi connectivity index (χ3n) is 5.52. The lowest BCUT2D eigenvalue weighted by atomic mass is 9.93. The zero-order valence-corrected chi connectivity index (χ0v) is 17.5. The summed E-state index contributed by atoms with van der Waals surface area (Å²) in [6, 6.07) is 9.32. The third kappa shape index (κ3) is 3.59. The highest BCUT2D eigenvalue weighted by molar-refractivity contribution is 5.84. The van der Waals surface area contributed by atoms with Crippen LogP contribution in [-0.2, 0) is 0 Å². The molecule has 0 radical (unpaired) electrons. The van der Waals surface area contributed by atoms with Crippen LogP contribution in [0.1, 0.15) is 31.2 Å². The van der Waals surface area contributed by atoms with Crippen LogP contribution in [-0.4, -0.2) is 32.3 Å². The molecule has 4 aromatic rings. The van der Waals surface area contributed by atoms with Crippen LogP contribution in [0.25, 0.3) is 16.7 Å². The van der Waals surface area contributed by atoms with Crippen LogP contribution < -0.4 is 10.1 Å². The number of aromatic nitrogens is 4. The van der Waals surface area contributed by atoms with Crippen molar-refractivity contribution in [2.45, 2.75) is 26.1 Å². The second-order valence-electron chi connectivity index (χ2n) is 8.20. The number of fused-ring (bicyclic) bond motifs is 4. The molecule has 0 aliphatic carbocycles. The number of halogens is 4. The van der Waals surface area contributed by atoms with Crippen molar-refractivity contribution in [3.05, 3.63) is 59.8 Å². The van der Waals surface area contributed by atoms with Gasteiger partial charge in [-0.2, -0.15) is 13.2 Å². The molecule has 1 unspecified atom stereocenters. The van der Waals surface area contributed by atoms with E-state index in [9.17, 15) is 17.6 Å². The molecule has 1 aliphatic heterocycles. The quantitative estimate of drug-likeness (QED) is 0.327. The van der Waals surface area contributed by atoms with Crippen LogP contribution in [0.15, 0.2) is 42.7 Å². The fraction of sp³-hybridized carbons (Fsp3) is 0.261. The number of para-hydroxylation sites is 1. The summed E-state index contributed by atoms with van der Waals surface area (Å²) in [6.07, 6.45) is -3.66. The lowest BCUT2D eigenvalue weighted by molar-refractivity contribution is -0.190. The Bertz CT molecular complexity index is 1450. The van der Waals surface area contributed by atoms with E-state index in [0.29, 0.717) is 45.9 Å². The molecule has 0 spiro atoms. The second kappa shape index (κ2) is 7.33. The van der Waals surface area contributed by atoms with E-state index in [1.54, 1.807) is 28.7 Å². The van der Waals surface area contributed by atoms with Gasteiger partial charge in [-0.05, 0) is 44.2 Å². The maximum atomic E-state index is 14.1. The fourth-order valence-electron chi connectivity index (χ4n) is 3.55. The highest BCUT2D eigenvalue weighted by Crippen LogP contribution is 2.40. The topological polar surface area (TPSA) is 64.3 Å². The van der Waals surface area contributed by atoms with Gasteiger partial charge in [0.15, 0.2) is 11.9 Å². The Morgan fingerprint density at radius 2 is 2.00 bits per heavy atom. The van der Waals surface area contributed by atoms with Crippen molar-refractivity contribution < 1.29 is 22.3 Å². The average molecular weight is 455 g/mol. The Morgan fingerprint density at radius 1 is 1.18 bits per heavy atom. The van der Waals surface area contributed by atoms with E-state index < -0.39 is 23.5 Å². The Kier molecular flexibility index (Phi) is 4.67. The first-order valence-corrected chi connectivity index (χ1v) is 10.1. The van der Waals surface area contributed by atoms with Crippen molar-refractivity contribution in [3.63, 3.8) is 0 Å². The van der Waals surface area contributed by atoms with Gasteiger partial charge in [-0.1, -0.05) is 17.9 Å². The molecule has 0 saturated carbocycles. The summed E-state index contributed by atoms with van der Waals surface area (Å²) in [4.78, 5) is 4.52. The van der Waals surface area contributed by atoms with Gasteiger partial charge in [0.2, 0.25) is 0 Å². The van der Waals surface area contributed by atoms with Gasteiger partial charge in [0.1, 0.15) is 17.6 Å². The molecule has 5 rings (SSSR count). The number of alkyl halides is 3. The highest BCUT2D eigenvalue weighted by Gasteiger charge is 2.46. The van der Waals surface area contributed by atoms with Crippen LogP contribution in [0.3, 0.4) is 0 Å². The Hall–Kier alpha value is -3.87. The monoisotopic (exact) mass is 455 g/mol. The van der Waals surface area contributed by atoms with E-state index in [-0.39, 0.29) is 0 Å². The molecule has 2 aromatic carbocycles. The molecule has 168 valence electrons. The summed E-state index contributed by atoms with van der Waals surface area (Å²) in [5.41, 5.74) is -0.203. The molecular weight excluding hydrogens is 438 g/mol. The molecule has 10 heteroatoms. The maximum absolute atomic E-state index is 14.1. The van der Waals surface area contributed by atoms with Gasteiger partial charge in [-0.25, -0.2) is 9.37 Å². The molecule has 2 aromatic heterocycles. The molecule has 0 amide bonds. The van der Waals surface area contributed by atoms with Gasteiger partial charge in [-0.3, -0.25) is 4.40 Å². The summed E-state index contributed by atoms with van der Waals surface area (Å²) in [6.45, 7) is 2.35. The van der Waals surface area contributed by atoms with E-state index in [1.807, 2.05) is 0 Å². The fourth-order valence-corrected chi connectivity index (χ4v) is 3.55. The number of nitrogens with zero attached hydrogens (tertiary/aromatic N) is 4. The molecule has 0 fully saturated rings. The zero-order chi connectivity index (χ0) is 23.4. The van der Waals surface area contributed by atoms with E-state index in [2.05, 4.69) is 32.3 Å². The number of benzene rings is 2. The molecule has 0 bridgehead atoms. The number of rotatable bonds is 1.